The summed E-state index contributed by atoms with van der Waals surface area (Å²) in [5, 5.41) is 13.8. The number of carbonyl (C=O) groups is 1. The smallest absolute Gasteiger partial charge is 0.303 e. The molecule has 0 aromatic carbocycles. The Morgan fingerprint density at radius 3 is 2.88 bits per heavy atom. The zero-order valence-electron chi connectivity index (χ0n) is 9.04. The molecule has 5 heteroatoms. The maximum absolute atomic E-state index is 10.3. The summed E-state index contributed by atoms with van der Waals surface area (Å²) in [5.74, 6) is -0.705. The van der Waals surface area contributed by atoms with Crippen molar-refractivity contribution in [1.82, 2.24) is 5.32 Å². The van der Waals surface area contributed by atoms with Crippen LogP contribution in [-0.2, 0) is 11.2 Å². The van der Waals surface area contributed by atoms with Crippen LogP contribution in [0, 0.1) is 0 Å². The second-order valence-electron chi connectivity index (χ2n) is 3.58. The summed E-state index contributed by atoms with van der Waals surface area (Å²) in [7, 11) is 0. The maximum Gasteiger partial charge on any atom is 0.303 e. The Bertz CT molecular complexity index is 328. The summed E-state index contributed by atoms with van der Waals surface area (Å²) in [6.45, 7) is 1.86. The third-order valence-electron chi connectivity index (χ3n) is 2.16. The predicted molar refractivity (Wildman–Crippen MR) is 70.1 cm³/mol. The van der Waals surface area contributed by atoms with Crippen molar-refractivity contribution in [3.05, 3.63) is 20.8 Å². The van der Waals surface area contributed by atoms with Gasteiger partial charge in [-0.3, -0.25) is 4.79 Å². The van der Waals surface area contributed by atoms with Crippen LogP contribution in [0.5, 0.6) is 0 Å². The third kappa shape index (κ3) is 6.25. The highest BCUT2D eigenvalue weighted by atomic mass is 79.9. The van der Waals surface area contributed by atoms with E-state index in [9.17, 15) is 4.79 Å². The van der Waals surface area contributed by atoms with Gasteiger partial charge in [-0.15, -0.1) is 11.3 Å². The molecular weight excluding hydrogens is 290 g/mol. The average Bonchev–Trinajstić information content (AvgIpc) is 2.62. The number of hydrogen-bond donors (Lipinski definition) is 2. The standard InChI is InChI=1S/C11H16BrNO2S/c12-9-7-10(16-8-9)4-6-13-5-2-1-3-11(14)15/h7-8,13H,1-6H2,(H,14,15). The van der Waals surface area contributed by atoms with Crippen molar-refractivity contribution in [3.63, 3.8) is 0 Å². The largest absolute Gasteiger partial charge is 0.481 e. The molecule has 1 rings (SSSR count). The number of carboxylic acid groups (broad SMARTS) is 1. The Morgan fingerprint density at radius 1 is 1.44 bits per heavy atom. The maximum atomic E-state index is 10.3. The molecule has 3 nitrogen and oxygen atoms in total. The molecule has 0 aliphatic carbocycles. The summed E-state index contributed by atoms with van der Waals surface area (Å²) in [4.78, 5) is 11.6. The van der Waals surface area contributed by atoms with Gasteiger partial charge >= 0.3 is 5.97 Å². The molecule has 2 N–H and O–H groups in total. The number of nitrogens with one attached hydrogen (secondary N) is 1. The molecule has 16 heavy (non-hydrogen) atoms. The molecule has 0 bridgehead atoms. The van der Waals surface area contributed by atoms with E-state index in [1.54, 1.807) is 11.3 Å². The van der Waals surface area contributed by atoms with Gasteiger partial charge in [-0.25, -0.2) is 0 Å². The monoisotopic (exact) mass is 305 g/mol. The van der Waals surface area contributed by atoms with Gasteiger partial charge in [0.1, 0.15) is 0 Å². The van der Waals surface area contributed by atoms with Crippen LogP contribution in [0.15, 0.2) is 15.9 Å². The summed E-state index contributed by atoms with van der Waals surface area (Å²) in [5.41, 5.74) is 0. The van der Waals surface area contributed by atoms with Crippen molar-refractivity contribution in [2.75, 3.05) is 13.1 Å². The highest BCUT2D eigenvalue weighted by molar-refractivity contribution is 9.10. The van der Waals surface area contributed by atoms with Crippen LogP contribution in [0.1, 0.15) is 24.1 Å². The van der Waals surface area contributed by atoms with Gasteiger partial charge in [-0.05, 0) is 54.3 Å². The van der Waals surface area contributed by atoms with Gasteiger partial charge in [0.25, 0.3) is 0 Å². The molecule has 0 radical (unpaired) electrons. The average molecular weight is 306 g/mol. The minimum atomic E-state index is -0.705. The molecule has 0 saturated carbocycles. The van der Waals surface area contributed by atoms with E-state index in [4.69, 9.17) is 5.11 Å². The molecule has 0 unspecified atom stereocenters. The fraction of sp³-hybridized carbons (Fsp3) is 0.545. The number of aliphatic carboxylic acids is 1. The molecule has 1 heterocycles. The molecule has 0 fully saturated rings. The second kappa shape index (κ2) is 7.81. The topological polar surface area (TPSA) is 49.3 Å². The fourth-order valence-corrected chi connectivity index (χ4v) is 2.80. The van der Waals surface area contributed by atoms with E-state index in [1.165, 1.54) is 4.88 Å². The van der Waals surface area contributed by atoms with Gasteiger partial charge in [0.05, 0.1) is 0 Å². The Balaban J connectivity index is 1.94. The van der Waals surface area contributed by atoms with E-state index in [0.717, 1.165) is 36.8 Å². The molecule has 1 aromatic heterocycles. The van der Waals surface area contributed by atoms with Crippen LogP contribution in [0.4, 0.5) is 0 Å². The van der Waals surface area contributed by atoms with Crippen molar-refractivity contribution in [1.29, 1.82) is 0 Å². The molecule has 0 aliphatic rings. The number of hydrogen-bond acceptors (Lipinski definition) is 3. The first-order valence-electron chi connectivity index (χ1n) is 5.34. The van der Waals surface area contributed by atoms with E-state index in [0.29, 0.717) is 0 Å². The lowest BCUT2D eigenvalue weighted by molar-refractivity contribution is -0.137. The lowest BCUT2D eigenvalue weighted by Crippen LogP contribution is -2.18. The molecule has 0 spiro atoms. The number of unbranched alkanes of at least 4 members (excludes halogenated alkanes) is 1. The molecular formula is C11H16BrNO2S. The van der Waals surface area contributed by atoms with Crippen molar-refractivity contribution in [2.24, 2.45) is 0 Å². The van der Waals surface area contributed by atoms with E-state index in [1.807, 2.05) is 0 Å². The number of halogens is 1. The molecule has 0 amide bonds. The first-order chi connectivity index (χ1) is 7.68. The van der Waals surface area contributed by atoms with Gasteiger partial charge < -0.3 is 10.4 Å². The third-order valence-corrected chi connectivity index (χ3v) is 3.92. The van der Waals surface area contributed by atoms with E-state index in [-0.39, 0.29) is 6.42 Å². The Hall–Kier alpha value is -0.390. The zero-order valence-corrected chi connectivity index (χ0v) is 11.4. The fourth-order valence-electron chi connectivity index (χ4n) is 1.35. The van der Waals surface area contributed by atoms with E-state index in [2.05, 4.69) is 32.7 Å². The van der Waals surface area contributed by atoms with Crippen molar-refractivity contribution >= 4 is 33.2 Å². The van der Waals surface area contributed by atoms with Crippen molar-refractivity contribution in [2.45, 2.75) is 25.7 Å². The van der Waals surface area contributed by atoms with Gasteiger partial charge in [0.2, 0.25) is 0 Å². The Morgan fingerprint density at radius 2 is 2.25 bits per heavy atom. The highest BCUT2D eigenvalue weighted by Gasteiger charge is 1.98. The van der Waals surface area contributed by atoms with Crippen LogP contribution in [-0.4, -0.2) is 24.2 Å². The minimum absolute atomic E-state index is 0.277. The highest BCUT2D eigenvalue weighted by Crippen LogP contribution is 2.19. The number of rotatable bonds is 8. The van der Waals surface area contributed by atoms with Crippen LogP contribution in [0.2, 0.25) is 0 Å². The van der Waals surface area contributed by atoms with Gasteiger partial charge in [-0.2, -0.15) is 0 Å². The number of carboxylic acids is 1. The zero-order chi connectivity index (χ0) is 11.8. The SMILES string of the molecule is O=C(O)CCCCNCCc1cc(Br)cs1. The Labute approximate surface area is 108 Å². The van der Waals surface area contributed by atoms with Gasteiger partial charge in [-0.1, -0.05) is 0 Å². The molecule has 0 saturated heterocycles. The van der Waals surface area contributed by atoms with Crippen LogP contribution >= 0.6 is 27.3 Å². The summed E-state index contributed by atoms with van der Waals surface area (Å²) in [6, 6.07) is 2.14. The first kappa shape index (κ1) is 13.7. The lowest BCUT2D eigenvalue weighted by atomic mass is 10.2. The summed E-state index contributed by atoms with van der Waals surface area (Å²) < 4.78 is 1.15. The Kier molecular flexibility index (Phi) is 6.68. The number of thiophene rings is 1. The van der Waals surface area contributed by atoms with E-state index >= 15 is 0 Å². The van der Waals surface area contributed by atoms with Crippen LogP contribution < -0.4 is 5.32 Å². The quantitative estimate of drug-likeness (QED) is 0.726. The van der Waals surface area contributed by atoms with Gasteiger partial charge in [0.15, 0.2) is 0 Å². The normalized spacial score (nSPS) is 10.6. The molecule has 0 aliphatic heterocycles. The van der Waals surface area contributed by atoms with Crippen LogP contribution in [0.3, 0.4) is 0 Å². The van der Waals surface area contributed by atoms with Gasteiger partial charge in [0, 0.05) is 21.2 Å². The molecule has 0 atom stereocenters. The van der Waals surface area contributed by atoms with Crippen molar-refractivity contribution in [3.8, 4) is 0 Å². The summed E-state index contributed by atoms with van der Waals surface area (Å²) >= 11 is 5.18. The predicted octanol–water partition coefficient (Wildman–Crippen LogP) is 2.90. The van der Waals surface area contributed by atoms with E-state index < -0.39 is 5.97 Å². The molecule has 1 aromatic rings. The minimum Gasteiger partial charge on any atom is -0.481 e. The first-order valence-corrected chi connectivity index (χ1v) is 7.01. The molecule has 90 valence electrons. The second-order valence-corrected chi connectivity index (χ2v) is 5.49. The lowest BCUT2D eigenvalue weighted by Gasteiger charge is -2.02. The van der Waals surface area contributed by atoms with Crippen LogP contribution in [0.25, 0.3) is 0 Å². The summed E-state index contributed by atoms with van der Waals surface area (Å²) in [6.07, 6.45) is 3.00. The van der Waals surface area contributed by atoms with Crippen molar-refractivity contribution < 1.29 is 9.90 Å².